The zero-order valence-corrected chi connectivity index (χ0v) is 23.6. The molecule has 0 saturated heterocycles. The number of allylic oxidation sites excluding steroid dienone is 4. The molecule has 1 aliphatic carbocycles. The van der Waals surface area contributed by atoms with E-state index in [1.165, 1.54) is 5.56 Å². The average molecular weight is 568 g/mol. The number of para-hydroxylation sites is 3. The van der Waals surface area contributed by atoms with Gasteiger partial charge >= 0.3 is 0 Å². The first-order valence-corrected chi connectivity index (χ1v) is 14.8. The van der Waals surface area contributed by atoms with E-state index in [0.29, 0.717) is 17.5 Å². The van der Waals surface area contributed by atoms with E-state index in [1.807, 2.05) is 72.8 Å². The normalized spacial score (nSPS) is 14.8. The number of fused-ring (bicyclic) bond motifs is 6. The summed E-state index contributed by atoms with van der Waals surface area (Å²) in [6, 6.07) is 36.8. The second kappa shape index (κ2) is 9.89. The summed E-state index contributed by atoms with van der Waals surface area (Å²) in [4.78, 5) is 15.2. The predicted octanol–water partition coefficient (Wildman–Crippen LogP) is 10.3. The maximum absolute atomic E-state index is 6.58. The van der Waals surface area contributed by atoms with Gasteiger partial charge in [0.15, 0.2) is 17.5 Å². The fraction of sp³-hybridized carbons (Fsp3) is 0.0513. The van der Waals surface area contributed by atoms with Crippen molar-refractivity contribution >= 4 is 43.9 Å². The molecule has 0 aliphatic heterocycles. The first-order chi connectivity index (χ1) is 21.8. The highest BCUT2D eigenvalue weighted by molar-refractivity contribution is 6.13. The van der Waals surface area contributed by atoms with Crippen molar-refractivity contribution in [2.24, 2.45) is 0 Å². The molecule has 3 heterocycles. The number of hydrogen-bond donors (Lipinski definition) is 0. The lowest BCUT2D eigenvalue weighted by molar-refractivity contribution is 0.657. The molecule has 5 nitrogen and oxygen atoms in total. The van der Waals surface area contributed by atoms with Crippen molar-refractivity contribution in [1.29, 1.82) is 0 Å². The van der Waals surface area contributed by atoms with E-state index in [0.717, 1.165) is 67.0 Å². The second-order valence-corrected chi connectivity index (χ2v) is 11.1. The molecule has 0 fully saturated rings. The van der Waals surface area contributed by atoms with Crippen LogP contribution in [0.15, 0.2) is 142 Å². The van der Waals surface area contributed by atoms with Crippen LogP contribution >= 0.6 is 0 Å². The van der Waals surface area contributed by atoms with Gasteiger partial charge in [0.2, 0.25) is 0 Å². The standard InChI is InChI=1S/C39H25N3O2/c1-3-12-24(13-4-1)26-17-9-19-29-34-30(20-11-23-33(34)44-35(26)29)38-40-37(25-14-5-2-6-15-25)41-39(42-38)31-21-10-18-28-27-16-7-8-22-32(27)43-36(28)31/h1-12,14-24H,13H2. The van der Waals surface area contributed by atoms with Crippen LogP contribution in [0.1, 0.15) is 17.9 Å². The Hall–Kier alpha value is -5.81. The third-order valence-corrected chi connectivity index (χ3v) is 8.49. The van der Waals surface area contributed by atoms with Crippen LogP contribution in [0.5, 0.6) is 0 Å². The predicted molar refractivity (Wildman–Crippen MR) is 176 cm³/mol. The molecule has 5 heteroatoms. The minimum Gasteiger partial charge on any atom is -0.456 e. The molecule has 0 spiro atoms. The molecule has 3 aromatic heterocycles. The quantitative estimate of drug-likeness (QED) is 0.212. The van der Waals surface area contributed by atoms with Crippen LogP contribution in [0, 0.1) is 0 Å². The third-order valence-electron chi connectivity index (χ3n) is 8.49. The lowest BCUT2D eigenvalue weighted by Gasteiger charge is -2.13. The Labute approximate surface area is 252 Å². The summed E-state index contributed by atoms with van der Waals surface area (Å²) >= 11 is 0. The highest BCUT2D eigenvalue weighted by Crippen LogP contribution is 2.41. The van der Waals surface area contributed by atoms with Crippen molar-refractivity contribution in [3.05, 3.63) is 139 Å². The van der Waals surface area contributed by atoms with E-state index in [-0.39, 0.29) is 5.92 Å². The molecule has 208 valence electrons. The molecule has 1 atom stereocenters. The largest absolute Gasteiger partial charge is 0.456 e. The summed E-state index contributed by atoms with van der Waals surface area (Å²) < 4.78 is 13.0. The van der Waals surface area contributed by atoms with Crippen molar-refractivity contribution in [3.63, 3.8) is 0 Å². The van der Waals surface area contributed by atoms with Crippen LogP contribution in [0.4, 0.5) is 0 Å². The second-order valence-electron chi connectivity index (χ2n) is 11.1. The van der Waals surface area contributed by atoms with E-state index in [4.69, 9.17) is 23.8 Å². The SMILES string of the molecule is C1=CCC(c2cccc3c2oc2cccc(-c4nc(-c5ccccc5)nc(-c5cccc6c5oc5ccccc56)n4)c23)C=C1. The van der Waals surface area contributed by atoms with Crippen LogP contribution in [0.3, 0.4) is 0 Å². The molecule has 1 unspecified atom stereocenters. The number of benzene rings is 5. The molecule has 44 heavy (non-hydrogen) atoms. The summed E-state index contributed by atoms with van der Waals surface area (Å²) in [7, 11) is 0. The smallest absolute Gasteiger partial charge is 0.167 e. The van der Waals surface area contributed by atoms with Gasteiger partial charge in [-0.3, -0.25) is 0 Å². The van der Waals surface area contributed by atoms with E-state index >= 15 is 0 Å². The maximum atomic E-state index is 6.58. The van der Waals surface area contributed by atoms with Crippen LogP contribution < -0.4 is 0 Å². The van der Waals surface area contributed by atoms with Gasteiger partial charge in [-0.05, 0) is 24.6 Å². The number of rotatable bonds is 4. The zero-order chi connectivity index (χ0) is 29.0. The molecule has 5 aromatic carbocycles. The first kappa shape index (κ1) is 24.8. The summed E-state index contributed by atoms with van der Waals surface area (Å²) in [6.07, 6.45) is 9.61. The summed E-state index contributed by atoms with van der Waals surface area (Å²) in [5.41, 5.74) is 7.13. The van der Waals surface area contributed by atoms with Gasteiger partial charge in [0, 0.05) is 44.2 Å². The lowest BCUT2D eigenvalue weighted by Crippen LogP contribution is -2.00. The fourth-order valence-corrected chi connectivity index (χ4v) is 6.42. The van der Waals surface area contributed by atoms with Gasteiger partial charge in [-0.2, -0.15) is 0 Å². The Morgan fingerprint density at radius 2 is 1.20 bits per heavy atom. The van der Waals surface area contributed by atoms with E-state index in [1.54, 1.807) is 0 Å². The van der Waals surface area contributed by atoms with Gasteiger partial charge in [-0.1, -0.05) is 115 Å². The average Bonchev–Trinajstić information content (AvgIpc) is 3.67. The molecule has 9 rings (SSSR count). The third kappa shape index (κ3) is 3.90. The highest BCUT2D eigenvalue weighted by atomic mass is 16.3. The zero-order valence-electron chi connectivity index (χ0n) is 23.6. The number of hydrogen-bond acceptors (Lipinski definition) is 5. The lowest BCUT2D eigenvalue weighted by atomic mass is 9.91. The molecule has 0 bridgehead atoms. The van der Waals surface area contributed by atoms with Gasteiger partial charge in [0.1, 0.15) is 22.3 Å². The molecule has 0 saturated carbocycles. The van der Waals surface area contributed by atoms with Crippen molar-refractivity contribution in [3.8, 4) is 34.2 Å². The van der Waals surface area contributed by atoms with Crippen molar-refractivity contribution in [2.75, 3.05) is 0 Å². The van der Waals surface area contributed by atoms with Crippen LogP contribution in [0.25, 0.3) is 78.0 Å². The highest BCUT2D eigenvalue weighted by Gasteiger charge is 2.22. The summed E-state index contributed by atoms with van der Waals surface area (Å²) in [6.45, 7) is 0. The van der Waals surface area contributed by atoms with E-state index < -0.39 is 0 Å². The number of furan rings is 2. The number of aromatic nitrogens is 3. The van der Waals surface area contributed by atoms with Crippen LogP contribution in [0.2, 0.25) is 0 Å². The van der Waals surface area contributed by atoms with Crippen LogP contribution in [-0.4, -0.2) is 15.0 Å². The Morgan fingerprint density at radius 1 is 0.523 bits per heavy atom. The summed E-state index contributed by atoms with van der Waals surface area (Å²) in [5.74, 6) is 2.01. The summed E-state index contributed by atoms with van der Waals surface area (Å²) in [5, 5.41) is 4.15. The minimum absolute atomic E-state index is 0.269. The van der Waals surface area contributed by atoms with Gasteiger partial charge in [0.25, 0.3) is 0 Å². The van der Waals surface area contributed by atoms with E-state index in [9.17, 15) is 0 Å². The van der Waals surface area contributed by atoms with Crippen molar-refractivity contribution in [2.45, 2.75) is 12.3 Å². The maximum Gasteiger partial charge on any atom is 0.167 e. The fourth-order valence-electron chi connectivity index (χ4n) is 6.42. The molecule has 0 N–H and O–H groups in total. The molecule has 1 aliphatic rings. The molecular weight excluding hydrogens is 542 g/mol. The Kier molecular flexibility index (Phi) is 5.56. The first-order valence-electron chi connectivity index (χ1n) is 14.8. The van der Waals surface area contributed by atoms with Crippen molar-refractivity contribution in [1.82, 2.24) is 15.0 Å². The monoisotopic (exact) mass is 567 g/mol. The minimum atomic E-state index is 0.269. The van der Waals surface area contributed by atoms with Crippen molar-refractivity contribution < 1.29 is 8.83 Å². The number of nitrogens with zero attached hydrogens (tertiary/aromatic N) is 3. The molecule has 0 radical (unpaired) electrons. The molecule has 8 aromatic rings. The van der Waals surface area contributed by atoms with Gasteiger partial charge in [-0.25, -0.2) is 15.0 Å². The molecule has 0 amide bonds. The van der Waals surface area contributed by atoms with Gasteiger partial charge in [-0.15, -0.1) is 0 Å². The van der Waals surface area contributed by atoms with E-state index in [2.05, 4.69) is 60.7 Å². The van der Waals surface area contributed by atoms with Gasteiger partial charge < -0.3 is 8.83 Å². The Bertz CT molecular complexity index is 2430. The Balaban J connectivity index is 1.30. The topological polar surface area (TPSA) is 65.0 Å². The van der Waals surface area contributed by atoms with Crippen LogP contribution in [-0.2, 0) is 0 Å². The molecular formula is C39H25N3O2. The van der Waals surface area contributed by atoms with Gasteiger partial charge in [0.05, 0.1) is 5.56 Å². The Morgan fingerprint density at radius 3 is 2.09 bits per heavy atom.